The molecule has 2 aromatic heterocycles. The van der Waals surface area contributed by atoms with Crippen LogP contribution in [0.1, 0.15) is 21.8 Å². The second-order valence-corrected chi connectivity index (χ2v) is 7.32. The molecule has 7 nitrogen and oxygen atoms in total. The van der Waals surface area contributed by atoms with Gasteiger partial charge in [-0.15, -0.1) is 0 Å². The number of hydrogen-bond donors (Lipinski definition) is 0. The fourth-order valence-corrected chi connectivity index (χ4v) is 3.64. The van der Waals surface area contributed by atoms with Crippen molar-refractivity contribution in [3.05, 3.63) is 35.2 Å². The molecule has 3 rings (SSSR count). The average Bonchev–Trinajstić information content (AvgIpc) is 3.22. The molecular formula is C18H22N4O3S. The van der Waals surface area contributed by atoms with Gasteiger partial charge in [0.05, 0.1) is 11.8 Å². The zero-order valence-corrected chi connectivity index (χ0v) is 16.4. The maximum Gasteiger partial charge on any atom is 0.282 e. The molecule has 138 valence electrons. The molecule has 26 heavy (non-hydrogen) atoms. The molecular weight excluding hydrogens is 352 g/mol. The van der Waals surface area contributed by atoms with Gasteiger partial charge in [-0.25, -0.2) is 4.98 Å². The van der Waals surface area contributed by atoms with Gasteiger partial charge in [-0.05, 0) is 39.6 Å². The van der Waals surface area contributed by atoms with Gasteiger partial charge in [-0.2, -0.15) is 0 Å². The highest BCUT2D eigenvalue weighted by Crippen LogP contribution is 2.36. The fourth-order valence-electron chi connectivity index (χ4n) is 2.57. The number of anilines is 1. The van der Waals surface area contributed by atoms with Gasteiger partial charge >= 0.3 is 0 Å². The Morgan fingerprint density at radius 1 is 1.27 bits per heavy atom. The number of benzene rings is 1. The van der Waals surface area contributed by atoms with Crippen LogP contribution in [-0.4, -0.2) is 55.2 Å². The molecule has 0 bridgehead atoms. The largest absolute Gasteiger partial charge is 0.494 e. The number of amides is 1. The van der Waals surface area contributed by atoms with E-state index in [1.54, 1.807) is 25.0 Å². The number of likely N-dealkylation sites (N-methyl/N-ethyl adjacent to an activating group) is 1. The zero-order valence-electron chi connectivity index (χ0n) is 15.6. The summed E-state index contributed by atoms with van der Waals surface area (Å²) in [5.74, 6) is 1.08. The Hall–Kier alpha value is -2.45. The van der Waals surface area contributed by atoms with Crippen molar-refractivity contribution in [2.45, 2.75) is 13.8 Å². The number of aryl methyl sites for hydroxylation is 2. The van der Waals surface area contributed by atoms with Crippen LogP contribution in [0.15, 0.2) is 22.7 Å². The minimum Gasteiger partial charge on any atom is -0.494 e. The van der Waals surface area contributed by atoms with E-state index in [-0.39, 0.29) is 11.6 Å². The number of nitrogens with zero attached hydrogens (tertiary/aromatic N) is 4. The number of rotatable bonds is 6. The Kier molecular flexibility index (Phi) is 5.24. The normalized spacial score (nSPS) is 11.3. The van der Waals surface area contributed by atoms with Crippen LogP contribution in [0, 0.1) is 13.8 Å². The van der Waals surface area contributed by atoms with Crippen LogP contribution in [0.25, 0.3) is 10.2 Å². The van der Waals surface area contributed by atoms with Crippen LogP contribution in [-0.2, 0) is 0 Å². The Labute approximate surface area is 156 Å². The minimum atomic E-state index is -0.223. The van der Waals surface area contributed by atoms with Gasteiger partial charge in [0.25, 0.3) is 5.91 Å². The third-order valence-corrected chi connectivity index (χ3v) is 5.22. The van der Waals surface area contributed by atoms with E-state index in [1.165, 1.54) is 11.3 Å². The van der Waals surface area contributed by atoms with Crippen LogP contribution < -0.4 is 9.64 Å². The van der Waals surface area contributed by atoms with Crippen LogP contribution >= 0.6 is 11.3 Å². The number of carbonyl (C=O) groups is 1. The van der Waals surface area contributed by atoms with Gasteiger partial charge in [0.1, 0.15) is 17.0 Å². The summed E-state index contributed by atoms with van der Waals surface area (Å²) in [5.41, 5.74) is 2.15. The van der Waals surface area contributed by atoms with Gasteiger partial charge in [0.15, 0.2) is 10.8 Å². The van der Waals surface area contributed by atoms with E-state index in [0.717, 1.165) is 15.8 Å². The monoisotopic (exact) mass is 374 g/mol. The van der Waals surface area contributed by atoms with Crippen molar-refractivity contribution in [2.24, 2.45) is 0 Å². The molecule has 0 aliphatic carbocycles. The van der Waals surface area contributed by atoms with Crippen LogP contribution in [0.4, 0.5) is 5.13 Å². The summed E-state index contributed by atoms with van der Waals surface area (Å²) < 4.78 is 11.5. The first-order valence-electron chi connectivity index (χ1n) is 8.24. The van der Waals surface area contributed by atoms with Gasteiger partial charge in [-0.1, -0.05) is 22.6 Å². The highest BCUT2D eigenvalue weighted by atomic mass is 32.1. The standard InChI is InChI=1S/C18H22N4O3S/c1-11-6-7-14(24-5)15-16(11)26-18(19-15)22(9-8-21(3)4)17(23)13-10-12(2)25-20-13/h6-7,10H,8-9H2,1-5H3. The van der Waals surface area contributed by atoms with Crippen molar-refractivity contribution in [3.8, 4) is 5.75 Å². The summed E-state index contributed by atoms with van der Waals surface area (Å²) in [7, 11) is 5.55. The number of thiazole rings is 1. The van der Waals surface area contributed by atoms with E-state index in [9.17, 15) is 4.79 Å². The summed E-state index contributed by atoms with van der Waals surface area (Å²) in [4.78, 5) is 21.4. The Morgan fingerprint density at radius 3 is 2.65 bits per heavy atom. The molecule has 0 aliphatic rings. The molecule has 8 heteroatoms. The molecule has 1 amide bonds. The molecule has 0 atom stereocenters. The minimum absolute atomic E-state index is 0.223. The van der Waals surface area contributed by atoms with Crippen molar-refractivity contribution in [2.75, 3.05) is 39.2 Å². The highest BCUT2D eigenvalue weighted by molar-refractivity contribution is 7.22. The topological polar surface area (TPSA) is 71.7 Å². The molecule has 0 saturated carbocycles. The smallest absolute Gasteiger partial charge is 0.282 e. The lowest BCUT2D eigenvalue weighted by Gasteiger charge is -2.20. The lowest BCUT2D eigenvalue weighted by Crippen LogP contribution is -2.36. The summed E-state index contributed by atoms with van der Waals surface area (Å²) in [6.45, 7) is 4.99. The lowest BCUT2D eigenvalue weighted by molar-refractivity contribution is 0.0976. The molecule has 0 aliphatic heterocycles. The van der Waals surface area contributed by atoms with E-state index in [4.69, 9.17) is 14.2 Å². The zero-order chi connectivity index (χ0) is 18.8. The molecule has 0 spiro atoms. The number of fused-ring (bicyclic) bond motifs is 1. The molecule has 0 unspecified atom stereocenters. The van der Waals surface area contributed by atoms with Crippen molar-refractivity contribution in [3.63, 3.8) is 0 Å². The van der Waals surface area contributed by atoms with E-state index in [2.05, 4.69) is 5.16 Å². The van der Waals surface area contributed by atoms with Crippen molar-refractivity contribution in [1.29, 1.82) is 0 Å². The second-order valence-electron chi connectivity index (χ2n) is 6.34. The number of methoxy groups -OCH3 is 1. The number of ether oxygens (including phenoxy) is 1. The predicted molar refractivity (Wildman–Crippen MR) is 102 cm³/mol. The average molecular weight is 374 g/mol. The van der Waals surface area contributed by atoms with Crippen LogP contribution in [0.3, 0.4) is 0 Å². The van der Waals surface area contributed by atoms with Gasteiger partial charge in [0.2, 0.25) is 0 Å². The van der Waals surface area contributed by atoms with Crippen LogP contribution in [0.5, 0.6) is 5.75 Å². The van der Waals surface area contributed by atoms with E-state index >= 15 is 0 Å². The molecule has 3 aromatic rings. The van der Waals surface area contributed by atoms with Crippen LogP contribution in [0.2, 0.25) is 0 Å². The molecule has 1 aromatic carbocycles. The molecule has 0 fully saturated rings. The van der Waals surface area contributed by atoms with E-state index < -0.39 is 0 Å². The molecule has 0 N–H and O–H groups in total. The Morgan fingerprint density at radius 2 is 2.04 bits per heavy atom. The second kappa shape index (κ2) is 7.43. The number of hydrogen-bond acceptors (Lipinski definition) is 7. The van der Waals surface area contributed by atoms with Gasteiger partial charge in [0, 0.05) is 19.2 Å². The molecule has 0 saturated heterocycles. The summed E-state index contributed by atoms with van der Waals surface area (Å²) in [6.07, 6.45) is 0. The molecule has 2 heterocycles. The maximum atomic E-state index is 13.0. The number of carbonyl (C=O) groups excluding carboxylic acids is 1. The lowest BCUT2D eigenvalue weighted by atomic mass is 10.2. The van der Waals surface area contributed by atoms with Crippen molar-refractivity contribution in [1.82, 2.24) is 15.0 Å². The first-order valence-corrected chi connectivity index (χ1v) is 9.06. The highest BCUT2D eigenvalue weighted by Gasteiger charge is 2.25. The van der Waals surface area contributed by atoms with Crippen molar-refractivity contribution < 1.29 is 14.1 Å². The summed E-state index contributed by atoms with van der Waals surface area (Å²) in [5, 5.41) is 4.49. The summed E-state index contributed by atoms with van der Waals surface area (Å²) >= 11 is 1.48. The first kappa shape index (κ1) is 18.3. The molecule has 0 radical (unpaired) electrons. The van der Waals surface area contributed by atoms with Gasteiger partial charge < -0.3 is 14.2 Å². The Balaban J connectivity index is 2.05. The van der Waals surface area contributed by atoms with E-state index in [1.807, 2.05) is 38.1 Å². The Bertz CT molecular complexity index is 932. The SMILES string of the molecule is COc1ccc(C)c2sc(N(CCN(C)C)C(=O)c3cc(C)on3)nc12. The fraction of sp³-hybridized carbons (Fsp3) is 0.389. The third kappa shape index (κ3) is 3.56. The predicted octanol–water partition coefficient (Wildman–Crippen LogP) is 3.12. The first-order chi connectivity index (χ1) is 12.4. The quantitative estimate of drug-likeness (QED) is 0.660. The maximum absolute atomic E-state index is 13.0. The van der Waals surface area contributed by atoms with Gasteiger partial charge in [-0.3, -0.25) is 9.69 Å². The van der Waals surface area contributed by atoms with Crippen molar-refractivity contribution >= 4 is 32.6 Å². The third-order valence-electron chi connectivity index (χ3n) is 4.01. The number of aromatic nitrogens is 2. The van der Waals surface area contributed by atoms with E-state index in [0.29, 0.717) is 29.7 Å². The summed E-state index contributed by atoms with van der Waals surface area (Å²) in [6, 6.07) is 5.54.